The summed E-state index contributed by atoms with van der Waals surface area (Å²) < 4.78 is 5.70. The number of nitrogens with one attached hydrogen (secondary N) is 1. The van der Waals surface area contributed by atoms with Crippen LogP contribution in [0.1, 0.15) is 20.3 Å². The van der Waals surface area contributed by atoms with Gasteiger partial charge in [-0.3, -0.25) is 0 Å². The van der Waals surface area contributed by atoms with E-state index in [2.05, 4.69) is 25.2 Å². The molecule has 2 unspecified atom stereocenters. The smallest absolute Gasteiger partial charge is 0.142 e. The molecule has 0 bridgehead atoms. The van der Waals surface area contributed by atoms with E-state index in [0.29, 0.717) is 12.0 Å². The second-order valence-electron chi connectivity index (χ2n) is 3.94. The molecule has 14 heavy (non-hydrogen) atoms. The Kier molecular flexibility index (Phi) is 2.62. The minimum atomic E-state index is 0.454. The summed E-state index contributed by atoms with van der Waals surface area (Å²) >= 11 is 0. The van der Waals surface area contributed by atoms with Crippen molar-refractivity contribution in [2.24, 2.45) is 5.92 Å². The molecule has 0 spiro atoms. The maximum absolute atomic E-state index is 5.70. The largest absolute Gasteiger partial charge is 0.489 e. The molecule has 2 heteroatoms. The molecular formula is C12H17NO. The number of hydrogen-bond acceptors (Lipinski definition) is 2. The summed E-state index contributed by atoms with van der Waals surface area (Å²) in [6.45, 7) is 5.26. The minimum absolute atomic E-state index is 0.454. The molecule has 1 aliphatic heterocycles. The summed E-state index contributed by atoms with van der Waals surface area (Å²) in [6.07, 6.45) is 1.18. The molecule has 0 aliphatic carbocycles. The van der Waals surface area contributed by atoms with Crippen molar-refractivity contribution in [3.05, 3.63) is 24.3 Å². The molecule has 1 aliphatic rings. The number of para-hydroxylation sites is 2. The van der Waals surface area contributed by atoms with Crippen LogP contribution in [0.15, 0.2) is 24.3 Å². The SMILES string of the molecule is CCC(C)C1COc2ccccc2N1. The lowest BCUT2D eigenvalue weighted by atomic mass is 9.98. The highest BCUT2D eigenvalue weighted by Crippen LogP contribution is 2.30. The molecule has 1 aromatic rings. The van der Waals surface area contributed by atoms with Gasteiger partial charge in [0.05, 0.1) is 11.7 Å². The highest BCUT2D eigenvalue weighted by atomic mass is 16.5. The first kappa shape index (κ1) is 9.38. The molecule has 1 heterocycles. The van der Waals surface area contributed by atoms with Gasteiger partial charge in [0, 0.05) is 0 Å². The molecule has 1 N–H and O–H groups in total. The van der Waals surface area contributed by atoms with Gasteiger partial charge < -0.3 is 10.1 Å². The van der Waals surface area contributed by atoms with Crippen molar-refractivity contribution in [2.45, 2.75) is 26.3 Å². The molecule has 0 fully saturated rings. The van der Waals surface area contributed by atoms with E-state index in [0.717, 1.165) is 18.0 Å². The van der Waals surface area contributed by atoms with Gasteiger partial charge in [-0.15, -0.1) is 0 Å². The van der Waals surface area contributed by atoms with E-state index in [9.17, 15) is 0 Å². The summed E-state index contributed by atoms with van der Waals surface area (Å²) in [6, 6.07) is 8.58. The van der Waals surface area contributed by atoms with Crippen LogP contribution in [0.5, 0.6) is 5.75 Å². The Morgan fingerprint density at radius 1 is 1.50 bits per heavy atom. The van der Waals surface area contributed by atoms with Gasteiger partial charge in [-0.2, -0.15) is 0 Å². The van der Waals surface area contributed by atoms with Crippen molar-refractivity contribution in [2.75, 3.05) is 11.9 Å². The van der Waals surface area contributed by atoms with Crippen LogP contribution in [0.3, 0.4) is 0 Å². The Morgan fingerprint density at radius 3 is 3.07 bits per heavy atom. The van der Waals surface area contributed by atoms with E-state index in [1.165, 1.54) is 6.42 Å². The van der Waals surface area contributed by atoms with E-state index < -0.39 is 0 Å². The average molecular weight is 191 g/mol. The molecule has 0 saturated heterocycles. The van der Waals surface area contributed by atoms with E-state index in [4.69, 9.17) is 4.74 Å². The molecule has 0 aromatic heterocycles. The normalized spacial score (nSPS) is 21.7. The third-order valence-electron chi connectivity index (χ3n) is 2.98. The number of benzene rings is 1. The van der Waals surface area contributed by atoms with Crippen LogP contribution in [-0.4, -0.2) is 12.6 Å². The summed E-state index contributed by atoms with van der Waals surface area (Å²) in [5.74, 6) is 1.63. The first-order chi connectivity index (χ1) is 6.81. The van der Waals surface area contributed by atoms with Gasteiger partial charge in [-0.1, -0.05) is 32.4 Å². The Balaban J connectivity index is 2.13. The van der Waals surface area contributed by atoms with Crippen LogP contribution in [0, 0.1) is 5.92 Å². The van der Waals surface area contributed by atoms with Crippen LogP contribution in [-0.2, 0) is 0 Å². The highest BCUT2D eigenvalue weighted by molar-refractivity contribution is 5.58. The number of anilines is 1. The first-order valence-electron chi connectivity index (χ1n) is 5.29. The maximum Gasteiger partial charge on any atom is 0.142 e. The highest BCUT2D eigenvalue weighted by Gasteiger charge is 2.22. The summed E-state index contributed by atoms with van der Waals surface area (Å²) in [7, 11) is 0. The third-order valence-corrected chi connectivity index (χ3v) is 2.98. The van der Waals surface area contributed by atoms with Gasteiger partial charge in [-0.05, 0) is 18.1 Å². The number of fused-ring (bicyclic) bond motifs is 1. The predicted molar refractivity (Wildman–Crippen MR) is 58.8 cm³/mol. The van der Waals surface area contributed by atoms with E-state index in [1.807, 2.05) is 18.2 Å². The maximum atomic E-state index is 5.70. The number of hydrogen-bond donors (Lipinski definition) is 1. The van der Waals surface area contributed by atoms with Crippen molar-refractivity contribution in [3.63, 3.8) is 0 Å². The molecule has 1 aromatic carbocycles. The fourth-order valence-electron chi connectivity index (χ4n) is 1.72. The van der Waals surface area contributed by atoms with Gasteiger partial charge in [0.2, 0.25) is 0 Å². The lowest BCUT2D eigenvalue weighted by Crippen LogP contribution is -2.36. The molecule has 0 saturated carbocycles. The van der Waals surface area contributed by atoms with Crippen molar-refractivity contribution < 1.29 is 4.74 Å². The zero-order valence-electron chi connectivity index (χ0n) is 8.79. The molecule has 2 rings (SSSR count). The summed E-state index contributed by atoms with van der Waals surface area (Å²) in [5.41, 5.74) is 1.13. The zero-order valence-corrected chi connectivity index (χ0v) is 8.79. The van der Waals surface area contributed by atoms with Gasteiger partial charge in [0.25, 0.3) is 0 Å². The van der Waals surface area contributed by atoms with Gasteiger partial charge >= 0.3 is 0 Å². The van der Waals surface area contributed by atoms with Crippen LogP contribution < -0.4 is 10.1 Å². The van der Waals surface area contributed by atoms with E-state index >= 15 is 0 Å². The summed E-state index contributed by atoms with van der Waals surface area (Å²) in [4.78, 5) is 0. The molecule has 0 amide bonds. The summed E-state index contributed by atoms with van der Waals surface area (Å²) in [5, 5.41) is 3.52. The molecule has 2 atom stereocenters. The predicted octanol–water partition coefficient (Wildman–Crippen LogP) is 2.91. The Hall–Kier alpha value is -1.18. The molecular weight excluding hydrogens is 174 g/mol. The van der Waals surface area contributed by atoms with Crippen LogP contribution in [0.2, 0.25) is 0 Å². The topological polar surface area (TPSA) is 21.3 Å². The van der Waals surface area contributed by atoms with E-state index in [1.54, 1.807) is 0 Å². The minimum Gasteiger partial charge on any atom is -0.489 e. The fourth-order valence-corrected chi connectivity index (χ4v) is 1.72. The monoisotopic (exact) mass is 191 g/mol. The lowest BCUT2D eigenvalue weighted by Gasteiger charge is -2.31. The van der Waals surface area contributed by atoms with E-state index in [-0.39, 0.29) is 0 Å². The Labute approximate surface area is 85.3 Å². The van der Waals surface area contributed by atoms with Crippen LogP contribution in [0.25, 0.3) is 0 Å². The Bertz CT molecular complexity index is 311. The second-order valence-corrected chi connectivity index (χ2v) is 3.94. The van der Waals surface area contributed by atoms with Crippen molar-refractivity contribution >= 4 is 5.69 Å². The molecule has 2 nitrogen and oxygen atoms in total. The lowest BCUT2D eigenvalue weighted by molar-refractivity contribution is 0.248. The average Bonchev–Trinajstić information content (AvgIpc) is 2.27. The van der Waals surface area contributed by atoms with Gasteiger partial charge in [0.1, 0.15) is 12.4 Å². The third kappa shape index (κ3) is 1.69. The zero-order chi connectivity index (χ0) is 9.97. The standard InChI is InChI=1S/C12H17NO/c1-3-9(2)11-8-14-12-7-5-4-6-10(12)13-11/h4-7,9,11,13H,3,8H2,1-2H3. The van der Waals surface area contributed by atoms with Crippen LogP contribution >= 0.6 is 0 Å². The first-order valence-corrected chi connectivity index (χ1v) is 5.29. The Morgan fingerprint density at radius 2 is 2.29 bits per heavy atom. The van der Waals surface area contributed by atoms with Crippen LogP contribution in [0.4, 0.5) is 5.69 Å². The quantitative estimate of drug-likeness (QED) is 0.776. The number of rotatable bonds is 2. The van der Waals surface area contributed by atoms with Gasteiger partial charge in [-0.25, -0.2) is 0 Å². The number of ether oxygens (including phenoxy) is 1. The fraction of sp³-hybridized carbons (Fsp3) is 0.500. The molecule has 0 radical (unpaired) electrons. The van der Waals surface area contributed by atoms with Crippen molar-refractivity contribution in [1.82, 2.24) is 0 Å². The molecule has 76 valence electrons. The van der Waals surface area contributed by atoms with Gasteiger partial charge in [0.15, 0.2) is 0 Å². The second kappa shape index (κ2) is 3.91. The van der Waals surface area contributed by atoms with Crippen molar-refractivity contribution in [1.29, 1.82) is 0 Å². The van der Waals surface area contributed by atoms with Crippen molar-refractivity contribution in [3.8, 4) is 5.75 Å².